The SMILES string of the molecule is CCCOC(=O)C1(CCOCCCCc2ccc(Cl)cc2)CO1. The van der Waals surface area contributed by atoms with Gasteiger partial charge in [-0.05, 0) is 43.4 Å². The number of rotatable bonds is 11. The van der Waals surface area contributed by atoms with Gasteiger partial charge < -0.3 is 14.2 Å². The van der Waals surface area contributed by atoms with Crippen molar-refractivity contribution in [3.8, 4) is 0 Å². The van der Waals surface area contributed by atoms with Crippen LogP contribution in [0.15, 0.2) is 24.3 Å². The smallest absolute Gasteiger partial charge is 0.340 e. The first-order valence-corrected chi connectivity index (χ1v) is 8.67. The van der Waals surface area contributed by atoms with Gasteiger partial charge in [-0.15, -0.1) is 0 Å². The molecule has 5 heteroatoms. The zero-order valence-electron chi connectivity index (χ0n) is 13.7. The van der Waals surface area contributed by atoms with Gasteiger partial charge in [0, 0.05) is 24.7 Å². The van der Waals surface area contributed by atoms with Gasteiger partial charge in [0.1, 0.15) is 0 Å². The molecule has 0 spiro atoms. The van der Waals surface area contributed by atoms with Crippen molar-refractivity contribution in [1.82, 2.24) is 0 Å². The molecule has 1 unspecified atom stereocenters. The van der Waals surface area contributed by atoms with E-state index in [1.807, 2.05) is 19.1 Å². The first kappa shape index (κ1) is 18.2. The molecule has 1 fully saturated rings. The van der Waals surface area contributed by atoms with Crippen LogP contribution in [0.1, 0.15) is 38.2 Å². The van der Waals surface area contributed by atoms with Gasteiger partial charge in [-0.25, -0.2) is 4.79 Å². The predicted octanol–water partition coefficient (Wildman–Crippen LogP) is 3.79. The highest BCUT2D eigenvalue weighted by Crippen LogP contribution is 2.32. The van der Waals surface area contributed by atoms with Gasteiger partial charge in [-0.3, -0.25) is 0 Å². The van der Waals surface area contributed by atoms with Gasteiger partial charge in [0.15, 0.2) is 5.60 Å². The minimum absolute atomic E-state index is 0.245. The summed E-state index contributed by atoms with van der Waals surface area (Å²) in [5.41, 5.74) is 0.566. The molecule has 128 valence electrons. The van der Waals surface area contributed by atoms with Gasteiger partial charge in [-0.1, -0.05) is 30.7 Å². The van der Waals surface area contributed by atoms with Crippen LogP contribution in [-0.4, -0.2) is 38.0 Å². The summed E-state index contributed by atoms with van der Waals surface area (Å²) in [4.78, 5) is 11.8. The minimum Gasteiger partial charge on any atom is -0.463 e. The normalized spacial score (nSPS) is 19.6. The third kappa shape index (κ3) is 6.13. The number of hydrogen-bond acceptors (Lipinski definition) is 4. The number of esters is 1. The van der Waals surface area contributed by atoms with E-state index < -0.39 is 5.60 Å². The van der Waals surface area contributed by atoms with E-state index in [1.54, 1.807) is 0 Å². The Labute approximate surface area is 143 Å². The highest BCUT2D eigenvalue weighted by Gasteiger charge is 2.53. The number of epoxide rings is 1. The molecule has 0 amide bonds. The maximum absolute atomic E-state index is 11.8. The van der Waals surface area contributed by atoms with Crippen molar-refractivity contribution in [2.45, 2.75) is 44.6 Å². The summed E-state index contributed by atoms with van der Waals surface area (Å²) in [6, 6.07) is 7.94. The highest BCUT2D eigenvalue weighted by molar-refractivity contribution is 6.30. The summed E-state index contributed by atoms with van der Waals surface area (Å²) in [5, 5.41) is 0.769. The quantitative estimate of drug-likeness (QED) is 0.349. The second kappa shape index (κ2) is 9.26. The van der Waals surface area contributed by atoms with Crippen molar-refractivity contribution in [3.05, 3.63) is 34.9 Å². The van der Waals surface area contributed by atoms with Crippen molar-refractivity contribution in [2.24, 2.45) is 0 Å². The van der Waals surface area contributed by atoms with Gasteiger partial charge >= 0.3 is 5.97 Å². The fourth-order valence-electron chi connectivity index (χ4n) is 2.30. The number of halogens is 1. The topological polar surface area (TPSA) is 48.1 Å². The molecular formula is C18H25ClO4. The van der Waals surface area contributed by atoms with Gasteiger partial charge in [0.05, 0.1) is 13.2 Å². The second-order valence-corrected chi connectivity index (χ2v) is 6.30. The van der Waals surface area contributed by atoms with Gasteiger partial charge in [0.2, 0.25) is 0 Å². The Morgan fingerprint density at radius 1 is 1.22 bits per heavy atom. The molecule has 1 saturated heterocycles. The average Bonchev–Trinajstić information content (AvgIpc) is 3.34. The van der Waals surface area contributed by atoms with Gasteiger partial charge in [-0.2, -0.15) is 0 Å². The lowest BCUT2D eigenvalue weighted by Crippen LogP contribution is -2.29. The largest absolute Gasteiger partial charge is 0.463 e. The third-order valence-corrected chi connectivity index (χ3v) is 4.12. The monoisotopic (exact) mass is 340 g/mol. The van der Waals surface area contributed by atoms with Crippen LogP contribution in [0.25, 0.3) is 0 Å². The Balaban J connectivity index is 1.51. The zero-order valence-corrected chi connectivity index (χ0v) is 14.4. The number of hydrogen-bond donors (Lipinski definition) is 0. The van der Waals surface area contributed by atoms with Crippen molar-refractivity contribution in [2.75, 3.05) is 26.4 Å². The average molecular weight is 341 g/mol. The molecule has 4 nitrogen and oxygen atoms in total. The van der Waals surface area contributed by atoms with E-state index in [2.05, 4.69) is 12.1 Å². The van der Waals surface area contributed by atoms with Crippen LogP contribution >= 0.6 is 11.6 Å². The van der Waals surface area contributed by atoms with Crippen LogP contribution in [0.2, 0.25) is 5.02 Å². The Hall–Kier alpha value is -1.10. The van der Waals surface area contributed by atoms with E-state index in [1.165, 1.54) is 5.56 Å². The van der Waals surface area contributed by atoms with Gasteiger partial charge in [0.25, 0.3) is 0 Å². The molecule has 1 heterocycles. The lowest BCUT2D eigenvalue weighted by Gasteiger charge is -2.11. The minimum atomic E-state index is -0.724. The number of benzene rings is 1. The third-order valence-electron chi connectivity index (χ3n) is 3.87. The molecular weight excluding hydrogens is 316 g/mol. The fourth-order valence-corrected chi connectivity index (χ4v) is 2.43. The molecule has 0 N–H and O–H groups in total. The van der Waals surface area contributed by atoms with E-state index >= 15 is 0 Å². The van der Waals surface area contributed by atoms with Crippen molar-refractivity contribution < 1.29 is 19.0 Å². The zero-order chi connectivity index (χ0) is 16.5. The molecule has 1 aliphatic rings. The number of unbranched alkanes of at least 4 members (excludes halogenated alkanes) is 1. The van der Waals surface area contributed by atoms with Crippen LogP contribution in [0, 0.1) is 0 Å². The lowest BCUT2D eigenvalue weighted by molar-refractivity contribution is -0.150. The summed E-state index contributed by atoms with van der Waals surface area (Å²) in [5.74, 6) is -0.245. The first-order valence-electron chi connectivity index (χ1n) is 8.30. The second-order valence-electron chi connectivity index (χ2n) is 5.86. The Morgan fingerprint density at radius 3 is 2.61 bits per heavy atom. The number of aryl methyl sites for hydroxylation is 1. The van der Waals surface area contributed by atoms with E-state index in [4.69, 9.17) is 25.8 Å². The number of carbonyl (C=O) groups excluding carboxylic acids is 1. The number of carbonyl (C=O) groups is 1. The molecule has 1 atom stereocenters. The Morgan fingerprint density at radius 2 is 1.96 bits per heavy atom. The Bertz CT molecular complexity index is 482. The summed E-state index contributed by atoms with van der Waals surface area (Å²) < 4.78 is 16.0. The van der Waals surface area contributed by atoms with Crippen LogP contribution in [0.4, 0.5) is 0 Å². The van der Waals surface area contributed by atoms with E-state index in [-0.39, 0.29) is 5.97 Å². The standard InChI is InChI=1S/C18H25ClO4/c1-2-11-22-17(20)18(14-23-18)10-13-21-12-4-3-5-15-6-8-16(19)9-7-15/h6-9H,2-5,10-14H2,1H3. The maximum atomic E-state index is 11.8. The first-order chi connectivity index (χ1) is 11.2. The van der Waals surface area contributed by atoms with Crippen molar-refractivity contribution >= 4 is 17.6 Å². The Kier molecular flexibility index (Phi) is 7.34. The fraction of sp³-hybridized carbons (Fsp3) is 0.611. The number of ether oxygens (including phenoxy) is 3. The molecule has 0 bridgehead atoms. The maximum Gasteiger partial charge on any atom is 0.340 e. The van der Waals surface area contributed by atoms with E-state index in [0.717, 1.165) is 30.7 Å². The van der Waals surface area contributed by atoms with Crippen LogP contribution in [0.5, 0.6) is 0 Å². The van der Waals surface area contributed by atoms with E-state index in [0.29, 0.717) is 32.8 Å². The predicted molar refractivity (Wildman–Crippen MR) is 89.8 cm³/mol. The molecule has 0 aliphatic carbocycles. The summed E-state index contributed by atoms with van der Waals surface area (Å²) in [6.07, 6.45) is 4.49. The molecule has 1 aromatic carbocycles. The molecule has 1 aliphatic heterocycles. The molecule has 0 saturated carbocycles. The van der Waals surface area contributed by atoms with Crippen LogP contribution in [-0.2, 0) is 25.4 Å². The van der Waals surface area contributed by atoms with Crippen LogP contribution < -0.4 is 0 Å². The molecule has 23 heavy (non-hydrogen) atoms. The summed E-state index contributed by atoms with van der Waals surface area (Å²) >= 11 is 5.86. The van der Waals surface area contributed by atoms with Crippen molar-refractivity contribution in [1.29, 1.82) is 0 Å². The molecule has 0 aromatic heterocycles. The summed E-state index contributed by atoms with van der Waals surface area (Å²) in [7, 11) is 0. The highest BCUT2D eigenvalue weighted by atomic mass is 35.5. The van der Waals surface area contributed by atoms with Crippen molar-refractivity contribution in [3.63, 3.8) is 0 Å². The lowest BCUT2D eigenvalue weighted by atomic mass is 10.1. The van der Waals surface area contributed by atoms with E-state index in [9.17, 15) is 4.79 Å². The summed E-state index contributed by atoms with van der Waals surface area (Å²) in [6.45, 7) is 4.11. The molecule has 0 radical (unpaired) electrons. The van der Waals surface area contributed by atoms with Crippen LogP contribution in [0.3, 0.4) is 0 Å². The molecule has 2 rings (SSSR count). The molecule has 1 aromatic rings.